The number of ether oxygens (including phenoxy) is 4. The maximum Gasteiger partial charge on any atom is 0.358 e. The number of esters is 2. The van der Waals surface area contributed by atoms with Crippen LogP contribution in [-0.2, 0) is 32.2 Å². The Morgan fingerprint density at radius 3 is 2.27 bits per heavy atom. The van der Waals surface area contributed by atoms with Gasteiger partial charge in [-0.2, -0.15) is 10.2 Å². The topological polar surface area (TPSA) is 128 Å². The van der Waals surface area contributed by atoms with Crippen molar-refractivity contribution in [3.8, 4) is 0 Å². The molecule has 10 nitrogen and oxygen atoms in total. The van der Waals surface area contributed by atoms with Crippen LogP contribution in [0, 0.1) is 0 Å². The monoisotopic (exact) mass is 368 g/mol. The van der Waals surface area contributed by atoms with Crippen LogP contribution in [0.2, 0.25) is 0 Å². The van der Waals surface area contributed by atoms with Crippen LogP contribution in [-0.4, -0.2) is 59.8 Å². The number of H-pyrrole nitrogens is 2. The molecule has 0 aliphatic rings. The van der Waals surface area contributed by atoms with Crippen molar-refractivity contribution in [1.29, 1.82) is 0 Å². The normalized spacial score (nSPS) is 10.0. The van der Waals surface area contributed by atoms with E-state index in [1.165, 1.54) is 6.20 Å². The molecule has 0 spiro atoms. The summed E-state index contributed by atoms with van der Waals surface area (Å²) in [5.74, 6) is -0.788. The summed E-state index contributed by atoms with van der Waals surface area (Å²) in [6, 6.07) is 1.61. The van der Waals surface area contributed by atoms with Gasteiger partial charge < -0.3 is 18.9 Å². The second kappa shape index (κ2) is 11.8. The van der Waals surface area contributed by atoms with E-state index in [0.717, 1.165) is 5.69 Å². The molecule has 0 aliphatic carbocycles. The van der Waals surface area contributed by atoms with Crippen molar-refractivity contribution in [2.75, 3.05) is 27.4 Å². The quantitative estimate of drug-likeness (QED) is 0.670. The fraction of sp³-hybridized carbons (Fsp3) is 0.500. The van der Waals surface area contributed by atoms with E-state index >= 15 is 0 Å². The number of nitrogens with zero attached hydrogens (tertiary/aromatic N) is 2. The van der Waals surface area contributed by atoms with Crippen molar-refractivity contribution in [1.82, 2.24) is 20.4 Å². The van der Waals surface area contributed by atoms with Gasteiger partial charge in [-0.3, -0.25) is 10.2 Å². The molecule has 2 aromatic rings. The fourth-order valence-corrected chi connectivity index (χ4v) is 1.85. The van der Waals surface area contributed by atoms with Crippen molar-refractivity contribution in [2.24, 2.45) is 0 Å². The van der Waals surface area contributed by atoms with Crippen molar-refractivity contribution in [3.05, 3.63) is 34.9 Å². The number of carbonyl (C=O) groups excluding carboxylic acids is 2. The third-order valence-electron chi connectivity index (χ3n) is 2.92. The largest absolute Gasteiger partial charge is 0.462 e. The van der Waals surface area contributed by atoms with E-state index in [-0.39, 0.29) is 11.7 Å². The highest BCUT2D eigenvalue weighted by Crippen LogP contribution is 2.07. The second-order valence-corrected chi connectivity index (χ2v) is 4.85. The van der Waals surface area contributed by atoms with Gasteiger partial charge >= 0.3 is 11.9 Å². The summed E-state index contributed by atoms with van der Waals surface area (Å²) in [6.45, 7) is 4.96. The van der Waals surface area contributed by atoms with Crippen molar-refractivity contribution >= 4 is 11.9 Å². The molecule has 0 saturated carbocycles. The molecule has 0 bridgehead atoms. The zero-order valence-corrected chi connectivity index (χ0v) is 15.3. The summed E-state index contributed by atoms with van der Waals surface area (Å²) in [5.41, 5.74) is 2.11. The van der Waals surface area contributed by atoms with E-state index in [9.17, 15) is 9.59 Å². The molecule has 2 rings (SSSR count). The van der Waals surface area contributed by atoms with E-state index in [4.69, 9.17) is 18.9 Å². The van der Waals surface area contributed by atoms with Crippen LogP contribution in [0.15, 0.2) is 12.3 Å². The first kappa shape index (κ1) is 21.3. The summed E-state index contributed by atoms with van der Waals surface area (Å²) in [7, 11) is 3.13. The lowest BCUT2D eigenvalue weighted by Crippen LogP contribution is -2.07. The van der Waals surface area contributed by atoms with Crippen molar-refractivity contribution in [3.63, 3.8) is 0 Å². The minimum atomic E-state index is -0.416. The van der Waals surface area contributed by atoms with Crippen molar-refractivity contribution in [2.45, 2.75) is 27.1 Å². The predicted molar refractivity (Wildman–Crippen MR) is 90.5 cm³/mol. The molecule has 2 aromatic heterocycles. The first-order valence-electron chi connectivity index (χ1n) is 7.95. The molecule has 0 unspecified atom stereocenters. The Kier molecular flexibility index (Phi) is 9.65. The molecular formula is C16H24N4O6. The van der Waals surface area contributed by atoms with Gasteiger partial charge in [-0.05, 0) is 19.9 Å². The molecule has 0 fully saturated rings. The number of nitrogens with one attached hydrogen (secondary N) is 2. The maximum atomic E-state index is 11.3. The number of rotatable bonds is 8. The van der Waals surface area contributed by atoms with Crippen LogP contribution in [0.5, 0.6) is 0 Å². The SMILES string of the molecule is CCOC(=O)c1cc(COC)[nH]n1.CCOC(=O)c1cn[nH]c1COC. The Bertz CT molecular complexity index is 682. The van der Waals surface area contributed by atoms with E-state index in [0.29, 0.717) is 37.7 Å². The minimum absolute atomic E-state index is 0.286. The van der Waals surface area contributed by atoms with Gasteiger partial charge in [0.05, 0.1) is 44.0 Å². The lowest BCUT2D eigenvalue weighted by atomic mass is 10.2. The van der Waals surface area contributed by atoms with E-state index < -0.39 is 5.97 Å². The van der Waals surface area contributed by atoms with Gasteiger partial charge in [-0.1, -0.05) is 0 Å². The summed E-state index contributed by atoms with van der Waals surface area (Å²) < 4.78 is 19.3. The number of aromatic amines is 2. The first-order chi connectivity index (χ1) is 12.6. The lowest BCUT2D eigenvalue weighted by molar-refractivity contribution is 0.0511. The minimum Gasteiger partial charge on any atom is -0.462 e. The summed E-state index contributed by atoms with van der Waals surface area (Å²) >= 11 is 0. The first-order valence-corrected chi connectivity index (χ1v) is 7.95. The average Bonchev–Trinajstić information content (AvgIpc) is 3.26. The van der Waals surface area contributed by atoms with Crippen LogP contribution in [0.1, 0.15) is 46.1 Å². The Morgan fingerprint density at radius 1 is 1.00 bits per heavy atom. The molecule has 0 radical (unpaired) electrons. The zero-order chi connectivity index (χ0) is 19.4. The Morgan fingerprint density at radius 2 is 1.65 bits per heavy atom. The van der Waals surface area contributed by atoms with Crippen LogP contribution in [0.4, 0.5) is 0 Å². The highest BCUT2D eigenvalue weighted by atomic mass is 16.5. The summed E-state index contributed by atoms with van der Waals surface area (Å²) in [6.07, 6.45) is 1.44. The molecule has 0 aliphatic heterocycles. The van der Waals surface area contributed by atoms with E-state index in [1.807, 2.05) is 0 Å². The second-order valence-electron chi connectivity index (χ2n) is 4.85. The third-order valence-corrected chi connectivity index (χ3v) is 2.92. The highest BCUT2D eigenvalue weighted by Gasteiger charge is 2.14. The number of hydrogen-bond acceptors (Lipinski definition) is 8. The van der Waals surface area contributed by atoms with Crippen molar-refractivity contribution < 1.29 is 28.5 Å². The molecular weight excluding hydrogens is 344 g/mol. The molecule has 0 aromatic carbocycles. The highest BCUT2D eigenvalue weighted by molar-refractivity contribution is 5.90. The molecule has 0 saturated heterocycles. The molecule has 2 N–H and O–H groups in total. The zero-order valence-electron chi connectivity index (χ0n) is 15.3. The van der Waals surface area contributed by atoms with E-state index in [2.05, 4.69) is 20.4 Å². The number of methoxy groups -OCH3 is 2. The molecule has 0 atom stereocenters. The van der Waals surface area contributed by atoms with Gasteiger partial charge in [0.2, 0.25) is 0 Å². The Hall–Kier alpha value is -2.72. The van der Waals surface area contributed by atoms with Crippen LogP contribution < -0.4 is 0 Å². The number of hydrogen-bond donors (Lipinski definition) is 2. The number of carbonyl (C=O) groups is 2. The lowest BCUT2D eigenvalue weighted by Gasteiger charge is -2.01. The smallest absolute Gasteiger partial charge is 0.358 e. The van der Waals surface area contributed by atoms with Crippen LogP contribution in [0.3, 0.4) is 0 Å². The van der Waals surface area contributed by atoms with Gasteiger partial charge in [0, 0.05) is 14.2 Å². The molecule has 10 heteroatoms. The molecule has 144 valence electrons. The summed E-state index contributed by atoms with van der Waals surface area (Å²) in [4.78, 5) is 22.4. The molecule has 0 amide bonds. The third kappa shape index (κ3) is 6.65. The van der Waals surface area contributed by atoms with Gasteiger partial charge in [-0.25, -0.2) is 9.59 Å². The molecule has 26 heavy (non-hydrogen) atoms. The fourth-order valence-electron chi connectivity index (χ4n) is 1.85. The van der Waals surface area contributed by atoms with Gasteiger partial charge in [0.1, 0.15) is 5.56 Å². The van der Waals surface area contributed by atoms with Gasteiger partial charge in [0.25, 0.3) is 0 Å². The van der Waals surface area contributed by atoms with E-state index in [1.54, 1.807) is 34.1 Å². The Labute approximate surface area is 151 Å². The van der Waals surface area contributed by atoms with Crippen LogP contribution >= 0.6 is 0 Å². The molecule has 2 heterocycles. The maximum absolute atomic E-state index is 11.3. The average molecular weight is 368 g/mol. The summed E-state index contributed by atoms with van der Waals surface area (Å²) in [5, 5.41) is 12.9. The Balaban J connectivity index is 0.000000260. The van der Waals surface area contributed by atoms with Crippen LogP contribution in [0.25, 0.3) is 0 Å². The number of aromatic nitrogens is 4. The predicted octanol–water partition coefficient (Wildman–Crippen LogP) is 1.47. The van der Waals surface area contributed by atoms with Gasteiger partial charge in [0.15, 0.2) is 5.69 Å². The standard InChI is InChI=1S/2C8H12N2O3/c1-3-13-8(11)6-4-9-10-7(6)5-12-2;1-3-13-8(11)7-4-6(5-12-2)9-10-7/h2*4H,3,5H2,1-2H3,(H,9,10). The van der Waals surface area contributed by atoms with Gasteiger partial charge in [-0.15, -0.1) is 0 Å².